The Kier molecular flexibility index (Phi) is 3.95. The summed E-state index contributed by atoms with van der Waals surface area (Å²) in [6.07, 6.45) is 1.29. The average Bonchev–Trinajstić information content (AvgIpc) is 2.74. The van der Waals surface area contributed by atoms with E-state index in [0.717, 1.165) is 29.9 Å². The second-order valence-corrected chi connectivity index (χ2v) is 5.13. The molecule has 3 heteroatoms. The zero-order valence-electron chi connectivity index (χ0n) is 10.6. The van der Waals surface area contributed by atoms with Gasteiger partial charge in [-0.1, -0.05) is 12.1 Å². The van der Waals surface area contributed by atoms with Crippen LogP contribution in [0.4, 0.5) is 0 Å². The number of rotatable bonds is 3. The number of aryl methyl sites for hydroxylation is 1. The maximum absolute atomic E-state index is 6.55. The van der Waals surface area contributed by atoms with Crippen LogP contribution < -0.4 is 4.74 Å². The number of methoxy groups -OCH3 is 1. The van der Waals surface area contributed by atoms with Crippen molar-refractivity contribution in [1.29, 1.82) is 0 Å². The number of hydrogen-bond acceptors (Lipinski definition) is 2. The fourth-order valence-corrected chi connectivity index (χ4v) is 2.92. The van der Waals surface area contributed by atoms with E-state index in [0.29, 0.717) is 5.92 Å². The number of halogens is 1. The van der Waals surface area contributed by atoms with Gasteiger partial charge in [0.1, 0.15) is 5.75 Å². The average molecular weight is 255 g/mol. The van der Waals surface area contributed by atoms with Gasteiger partial charge in [0.2, 0.25) is 0 Å². The molecule has 1 fully saturated rings. The van der Waals surface area contributed by atoms with Gasteiger partial charge in [0.25, 0.3) is 0 Å². The van der Waals surface area contributed by atoms with Gasteiger partial charge < -0.3 is 9.47 Å². The third kappa shape index (κ3) is 2.58. The van der Waals surface area contributed by atoms with E-state index in [1.165, 1.54) is 0 Å². The van der Waals surface area contributed by atoms with E-state index in [-0.39, 0.29) is 11.5 Å². The fourth-order valence-electron chi connectivity index (χ4n) is 2.45. The van der Waals surface area contributed by atoms with E-state index in [1.54, 1.807) is 7.11 Å². The Morgan fingerprint density at radius 2 is 2.24 bits per heavy atom. The molecule has 1 saturated heterocycles. The smallest absolute Gasteiger partial charge is 0.121 e. The standard InChI is InChI=1S/C14H19ClO2/c1-9-8-11(4-5-13(9)16-3)14(15)12-6-7-17-10(12)2/h4-5,8,10,12,14H,6-7H2,1-3H3. The minimum absolute atomic E-state index is 0.0251. The number of hydrogen-bond donors (Lipinski definition) is 0. The van der Waals surface area contributed by atoms with Crippen LogP contribution >= 0.6 is 11.6 Å². The molecule has 3 atom stereocenters. The lowest BCUT2D eigenvalue weighted by Gasteiger charge is -2.21. The summed E-state index contributed by atoms with van der Waals surface area (Å²) < 4.78 is 10.8. The molecule has 0 aromatic heterocycles. The molecule has 94 valence electrons. The summed E-state index contributed by atoms with van der Waals surface area (Å²) >= 11 is 6.55. The van der Waals surface area contributed by atoms with Crippen molar-refractivity contribution in [2.75, 3.05) is 13.7 Å². The Balaban J connectivity index is 2.19. The van der Waals surface area contributed by atoms with Gasteiger partial charge in [-0.15, -0.1) is 11.6 Å². The molecule has 2 rings (SSSR count). The van der Waals surface area contributed by atoms with Gasteiger partial charge in [-0.25, -0.2) is 0 Å². The highest BCUT2D eigenvalue weighted by atomic mass is 35.5. The predicted octanol–water partition coefficient (Wildman–Crippen LogP) is 3.71. The summed E-state index contributed by atoms with van der Waals surface area (Å²) in [5.74, 6) is 1.32. The lowest BCUT2D eigenvalue weighted by Crippen LogP contribution is -2.16. The normalized spacial score (nSPS) is 25.9. The van der Waals surface area contributed by atoms with Crippen LogP contribution in [0.3, 0.4) is 0 Å². The second kappa shape index (κ2) is 5.28. The van der Waals surface area contributed by atoms with E-state index < -0.39 is 0 Å². The van der Waals surface area contributed by atoms with Crippen LogP contribution in [0.5, 0.6) is 5.75 Å². The molecule has 1 aromatic rings. The fraction of sp³-hybridized carbons (Fsp3) is 0.571. The molecule has 1 aliphatic heterocycles. The van der Waals surface area contributed by atoms with Gasteiger partial charge in [-0.3, -0.25) is 0 Å². The van der Waals surface area contributed by atoms with E-state index in [4.69, 9.17) is 21.1 Å². The van der Waals surface area contributed by atoms with Crippen molar-refractivity contribution in [3.8, 4) is 5.75 Å². The van der Waals surface area contributed by atoms with Crippen molar-refractivity contribution in [1.82, 2.24) is 0 Å². The zero-order valence-corrected chi connectivity index (χ0v) is 11.3. The first-order chi connectivity index (χ1) is 8.13. The zero-order chi connectivity index (χ0) is 12.4. The first kappa shape index (κ1) is 12.7. The van der Waals surface area contributed by atoms with E-state index in [1.807, 2.05) is 13.0 Å². The Morgan fingerprint density at radius 3 is 2.76 bits per heavy atom. The van der Waals surface area contributed by atoms with Gasteiger partial charge in [0.15, 0.2) is 0 Å². The SMILES string of the molecule is COc1ccc(C(Cl)C2CCOC2C)cc1C. The second-order valence-electron chi connectivity index (χ2n) is 4.66. The van der Waals surface area contributed by atoms with Crippen LogP contribution in [0.2, 0.25) is 0 Å². The molecule has 0 amide bonds. The van der Waals surface area contributed by atoms with Crippen molar-refractivity contribution in [3.05, 3.63) is 29.3 Å². The maximum atomic E-state index is 6.55. The summed E-state index contributed by atoms with van der Waals surface area (Å²) in [5, 5.41) is 0.0251. The topological polar surface area (TPSA) is 18.5 Å². The van der Waals surface area contributed by atoms with Gasteiger partial charge in [-0.2, -0.15) is 0 Å². The van der Waals surface area contributed by atoms with Crippen molar-refractivity contribution in [3.63, 3.8) is 0 Å². The lowest BCUT2D eigenvalue weighted by molar-refractivity contribution is 0.105. The molecule has 0 saturated carbocycles. The Hall–Kier alpha value is -0.730. The van der Waals surface area contributed by atoms with Crippen molar-refractivity contribution >= 4 is 11.6 Å². The van der Waals surface area contributed by atoms with Crippen molar-refractivity contribution < 1.29 is 9.47 Å². The summed E-state index contributed by atoms with van der Waals surface area (Å²) in [6, 6.07) is 6.15. The largest absolute Gasteiger partial charge is 0.496 e. The molecule has 17 heavy (non-hydrogen) atoms. The van der Waals surface area contributed by atoms with Crippen molar-refractivity contribution in [2.45, 2.75) is 31.7 Å². The molecule has 2 nitrogen and oxygen atoms in total. The molecule has 0 aliphatic carbocycles. The van der Waals surface area contributed by atoms with Gasteiger partial charge in [0, 0.05) is 12.5 Å². The van der Waals surface area contributed by atoms with Crippen LogP contribution in [0.25, 0.3) is 0 Å². The van der Waals surface area contributed by atoms with Gasteiger partial charge in [0.05, 0.1) is 18.6 Å². The molecule has 0 spiro atoms. The van der Waals surface area contributed by atoms with E-state index in [2.05, 4.69) is 19.1 Å². The first-order valence-corrected chi connectivity index (χ1v) is 6.47. The monoisotopic (exact) mass is 254 g/mol. The van der Waals surface area contributed by atoms with Crippen LogP contribution in [0.15, 0.2) is 18.2 Å². The van der Waals surface area contributed by atoms with Crippen LogP contribution in [-0.2, 0) is 4.74 Å². The van der Waals surface area contributed by atoms with Crippen LogP contribution in [-0.4, -0.2) is 19.8 Å². The van der Waals surface area contributed by atoms with E-state index in [9.17, 15) is 0 Å². The Labute approximate surface area is 108 Å². The predicted molar refractivity (Wildman–Crippen MR) is 69.8 cm³/mol. The number of alkyl halides is 1. The minimum atomic E-state index is 0.0251. The molecule has 1 aromatic carbocycles. The molecular formula is C14H19ClO2. The highest BCUT2D eigenvalue weighted by Crippen LogP contribution is 2.38. The molecule has 0 radical (unpaired) electrons. The molecule has 0 bridgehead atoms. The minimum Gasteiger partial charge on any atom is -0.496 e. The lowest BCUT2D eigenvalue weighted by atomic mass is 9.92. The third-order valence-corrected chi connectivity index (χ3v) is 4.12. The molecule has 1 heterocycles. The molecular weight excluding hydrogens is 236 g/mol. The van der Waals surface area contributed by atoms with Crippen molar-refractivity contribution in [2.24, 2.45) is 5.92 Å². The number of benzene rings is 1. The van der Waals surface area contributed by atoms with Gasteiger partial charge in [-0.05, 0) is 37.5 Å². The third-order valence-electron chi connectivity index (χ3n) is 3.55. The van der Waals surface area contributed by atoms with Gasteiger partial charge >= 0.3 is 0 Å². The van der Waals surface area contributed by atoms with Crippen LogP contribution in [0.1, 0.15) is 29.8 Å². The summed E-state index contributed by atoms with van der Waals surface area (Å²) in [4.78, 5) is 0. The highest BCUT2D eigenvalue weighted by molar-refractivity contribution is 6.21. The number of ether oxygens (including phenoxy) is 2. The molecule has 0 N–H and O–H groups in total. The Bertz CT molecular complexity index is 392. The maximum Gasteiger partial charge on any atom is 0.121 e. The molecule has 1 aliphatic rings. The quantitative estimate of drug-likeness (QED) is 0.766. The summed E-state index contributed by atoms with van der Waals surface area (Å²) in [7, 11) is 1.69. The molecule has 3 unspecified atom stereocenters. The Morgan fingerprint density at radius 1 is 1.47 bits per heavy atom. The first-order valence-electron chi connectivity index (χ1n) is 6.03. The summed E-state index contributed by atoms with van der Waals surface area (Å²) in [5.41, 5.74) is 2.29. The highest BCUT2D eigenvalue weighted by Gasteiger charge is 2.31. The van der Waals surface area contributed by atoms with E-state index >= 15 is 0 Å². The van der Waals surface area contributed by atoms with Crippen LogP contribution in [0, 0.1) is 12.8 Å². The summed E-state index contributed by atoms with van der Waals surface area (Å²) in [6.45, 7) is 4.97.